The highest BCUT2D eigenvalue weighted by atomic mass is 16.6. The van der Waals surface area contributed by atoms with Gasteiger partial charge in [-0.15, -0.1) is 0 Å². The Kier molecular flexibility index (Phi) is 20.5. The van der Waals surface area contributed by atoms with Crippen molar-refractivity contribution in [3.63, 3.8) is 0 Å². The largest absolute Gasteiger partial charge is 0.396 e. The van der Waals surface area contributed by atoms with Gasteiger partial charge < -0.3 is 55.5 Å². The number of hydrogen-bond acceptors (Lipinski definition) is 11. The summed E-state index contributed by atoms with van der Waals surface area (Å²) in [4.78, 5) is 0. The van der Waals surface area contributed by atoms with Gasteiger partial charge in [0.1, 0.15) is 0 Å². The van der Waals surface area contributed by atoms with E-state index in [0.29, 0.717) is 91.9 Å². The Labute approximate surface area is 301 Å². The summed E-state index contributed by atoms with van der Waals surface area (Å²) in [6.07, 6.45) is 1.96. The average Bonchev–Trinajstić information content (AvgIpc) is 2.96. The number of hydrogen-bond donors (Lipinski definition) is 4. The predicted octanol–water partition coefficient (Wildman–Crippen LogP) is 5.07. The van der Waals surface area contributed by atoms with Crippen molar-refractivity contribution in [1.29, 1.82) is 0 Å². The molecule has 0 bridgehead atoms. The van der Waals surface area contributed by atoms with Gasteiger partial charge in [0.15, 0.2) is 0 Å². The van der Waals surface area contributed by atoms with Crippen LogP contribution in [0.4, 0.5) is 0 Å². The van der Waals surface area contributed by atoms with Crippen molar-refractivity contribution in [3.8, 4) is 0 Å². The molecule has 0 aliphatic heterocycles. The molecule has 0 fully saturated rings. The van der Waals surface area contributed by atoms with Gasteiger partial charge in [0.2, 0.25) is 0 Å². The fourth-order valence-corrected chi connectivity index (χ4v) is 4.42. The lowest BCUT2D eigenvalue weighted by Gasteiger charge is -2.41. The maximum absolute atomic E-state index is 9.72. The first-order valence-corrected chi connectivity index (χ1v) is 18.3. The second-order valence-electron chi connectivity index (χ2n) is 18.8. The Morgan fingerprint density at radius 2 is 0.837 bits per heavy atom. The Morgan fingerprint density at radius 1 is 0.408 bits per heavy atom. The Morgan fingerprint density at radius 3 is 1.31 bits per heavy atom. The van der Waals surface area contributed by atoms with Crippen LogP contribution < -0.4 is 17.2 Å². The number of nitrogens with two attached hydrogens (primary N) is 3. The fraction of sp³-hybridized carbons (Fsp3) is 1.00. The van der Waals surface area contributed by atoms with Crippen molar-refractivity contribution >= 4 is 0 Å². The molecule has 0 aromatic rings. The second kappa shape index (κ2) is 20.7. The van der Waals surface area contributed by atoms with E-state index in [-0.39, 0.29) is 23.0 Å². The zero-order valence-corrected chi connectivity index (χ0v) is 34.4. The molecule has 49 heavy (non-hydrogen) atoms. The topological polar surface area (TPSA) is 163 Å². The Balaban J connectivity index is 6.18. The molecule has 0 spiro atoms. The minimum Gasteiger partial charge on any atom is -0.396 e. The lowest BCUT2D eigenvalue weighted by Crippen LogP contribution is -2.49. The molecule has 0 aliphatic rings. The normalized spacial score (nSPS) is 15.6. The van der Waals surface area contributed by atoms with E-state index < -0.39 is 27.8 Å². The highest BCUT2D eigenvalue weighted by molar-refractivity contribution is 4.86. The molecule has 11 nitrogen and oxygen atoms in total. The van der Waals surface area contributed by atoms with Gasteiger partial charge in [0.05, 0.1) is 92.9 Å². The Bertz CT molecular complexity index is 892. The lowest BCUT2D eigenvalue weighted by atomic mass is 9.89. The molecule has 0 radical (unpaired) electrons. The molecule has 1 unspecified atom stereocenters. The molecular formula is C38H81N3O8. The van der Waals surface area contributed by atoms with Crippen LogP contribution >= 0.6 is 0 Å². The van der Waals surface area contributed by atoms with Crippen LogP contribution in [0.3, 0.4) is 0 Å². The minimum absolute atomic E-state index is 0.0213. The zero-order valence-electron chi connectivity index (χ0n) is 34.4. The summed E-state index contributed by atoms with van der Waals surface area (Å²) in [5.74, 6) is 0. The predicted molar refractivity (Wildman–Crippen MR) is 200 cm³/mol. The van der Waals surface area contributed by atoms with Gasteiger partial charge in [0.25, 0.3) is 0 Å². The maximum atomic E-state index is 9.72. The monoisotopic (exact) mass is 708 g/mol. The van der Waals surface area contributed by atoms with Gasteiger partial charge in [0, 0.05) is 24.0 Å². The van der Waals surface area contributed by atoms with E-state index in [0.717, 1.165) is 6.42 Å². The summed E-state index contributed by atoms with van der Waals surface area (Å²) in [7, 11) is 0. The molecule has 0 amide bonds. The van der Waals surface area contributed by atoms with Crippen molar-refractivity contribution in [2.24, 2.45) is 33.4 Å². The minimum atomic E-state index is -0.692. The second-order valence-corrected chi connectivity index (χ2v) is 18.8. The smallest absolute Gasteiger partial charge is 0.0859 e. The molecule has 11 heteroatoms. The van der Waals surface area contributed by atoms with Crippen LogP contribution in [0.25, 0.3) is 0 Å². The molecule has 0 aromatic heterocycles. The van der Waals surface area contributed by atoms with Crippen molar-refractivity contribution in [3.05, 3.63) is 0 Å². The number of aliphatic hydroxyl groups is 1. The quantitative estimate of drug-likeness (QED) is 0.0788. The van der Waals surface area contributed by atoms with Crippen LogP contribution in [0.5, 0.6) is 0 Å². The summed E-state index contributed by atoms with van der Waals surface area (Å²) >= 11 is 0. The molecular weight excluding hydrogens is 626 g/mol. The van der Waals surface area contributed by atoms with Gasteiger partial charge in [-0.2, -0.15) is 0 Å². The van der Waals surface area contributed by atoms with E-state index in [1.54, 1.807) is 0 Å². The van der Waals surface area contributed by atoms with Crippen LogP contribution in [0.1, 0.15) is 116 Å². The molecule has 0 aromatic carbocycles. The highest BCUT2D eigenvalue weighted by Crippen LogP contribution is 2.31. The summed E-state index contributed by atoms with van der Waals surface area (Å²) in [5, 5.41) is 9.72. The SMILES string of the molecule is CC(C)(CN)COCC(C)(C)COCC(COC(C)(C)CCO)(COC(C)(C)CCOC(C)(C)CCN)COC(C)(C)COC(C)(C)CN. The van der Waals surface area contributed by atoms with E-state index in [9.17, 15) is 5.11 Å². The van der Waals surface area contributed by atoms with E-state index in [4.69, 9.17) is 50.4 Å². The maximum Gasteiger partial charge on any atom is 0.0859 e. The fourth-order valence-electron chi connectivity index (χ4n) is 4.42. The summed E-state index contributed by atoms with van der Waals surface area (Å²) in [6.45, 7) is 33.9. The third kappa shape index (κ3) is 23.0. The van der Waals surface area contributed by atoms with E-state index in [2.05, 4.69) is 55.4 Å². The first-order chi connectivity index (χ1) is 22.2. The standard InChI is InChI=1S/C38H81N3O8/c1-31(2,21-40)23-43-24-32(3,4)25-44-27-38(28-47-34(7,8)16-19-42,30-49-37(13,14)26-46-36(11,12)22-41)29-48-35(9,10)17-20-45-33(5,6)15-18-39/h42H,15-30,39-41H2,1-14H3. The highest BCUT2D eigenvalue weighted by Gasteiger charge is 2.40. The van der Waals surface area contributed by atoms with Crippen molar-refractivity contribution in [2.45, 2.75) is 144 Å². The molecule has 0 saturated heterocycles. The van der Waals surface area contributed by atoms with Crippen molar-refractivity contribution in [1.82, 2.24) is 0 Å². The van der Waals surface area contributed by atoms with Crippen LogP contribution in [-0.4, -0.2) is 119 Å². The van der Waals surface area contributed by atoms with E-state index in [1.807, 2.05) is 41.5 Å². The molecule has 0 heterocycles. The third-order valence-electron chi connectivity index (χ3n) is 8.71. The molecule has 1 atom stereocenters. The molecule has 7 N–H and O–H groups in total. The van der Waals surface area contributed by atoms with Gasteiger partial charge in [-0.1, -0.05) is 27.7 Å². The van der Waals surface area contributed by atoms with E-state index in [1.165, 1.54) is 0 Å². The summed E-state index contributed by atoms with van der Waals surface area (Å²) in [6, 6.07) is 0. The van der Waals surface area contributed by atoms with Crippen LogP contribution in [-0.2, 0) is 33.2 Å². The summed E-state index contributed by atoms with van der Waals surface area (Å²) < 4.78 is 44.8. The first kappa shape index (κ1) is 48.6. The molecule has 0 aliphatic carbocycles. The van der Waals surface area contributed by atoms with Gasteiger partial charge in [-0.3, -0.25) is 0 Å². The van der Waals surface area contributed by atoms with Crippen LogP contribution in [0.15, 0.2) is 0 Å². The van der Waals surface area contributed by atoms with Gasteiger partial charge in [-0.25, -0.2) is 0 Å². The number of ether oxygens (including phenoxy) is 7. The van der Waals surface area contributed by atoms with Gasteiger partial charge in [-0.05, 0) is 102 Å². The third-order valence-corrected chi connectivity index (χ3v) is 8.71. The Hall–Kier alpha value is -0.440. The van der Waals surface area contributed by atoms with Crippen LogP contribution in [0.2, 0.25) is 0 Å². The average molecular weight is 708 g/mol. The molecule has 296 valence electrons. The van der Waals surface area contributed by atoms with Crippen molar-refractivity contribution in [2.75, 3.05) is 85.7 Å². The number of aliphatic hydroxyl groups excluding tert-OH is 1. The van der Waals surface area contributed by atoms with Gasteiger partial charge >= 0.3 is 0 Å². The lowest BCUT2D eigenvalue weighted by molar-refractivity contribution is -0.194. The first-order valence-electron chi connectivity index (χ1n) is 18.3. The molecule has 0 rings (SSSR count). The van der Waals surface area contributed by atoms with Crippen molar-refractivity contribution < 1.29 is 38.3 Å². The number of rotatable bonds is 30. The molecule has 0 saturated carbocycles. The van der Waals surface area contributed by atoms with E-state index >= 15 is 0 Å². The zero-order chi connectivity index (χ0) is 38.3. The van der Waals surface area contributed by atoms with Crippen LogP contribution in [0, 0.1) is 16.2 Å². The summed E-state index contributed by atoms with van der Waals surface area (Å²) in [5.41, 5.74) is 14.1.